The lowest BCUT2D eigenvalue weighted by Crippen LogP contribution is -2.37. The van der Waals surface area contributed by atoms with Gasteiger partial charge in [0.25, 0.3) is 0 Å². The van der Waals surface area contributed by atoms with E-state index in [0.29, 0.717) is 11.5 Å². The highest BCUT2D eigenvalue weighted by molar-refractivity contribution is 6.28. The first-order valence-corrected chi connectivity index (χ1v) is 6.46. The monoisotopic (exact) mass is 254 g/mol. The summed E-state index contributed by atoms with van der Waals surface area (Å²) in [7, 11) is 0. The summed E-state index contributed by atoms with van der Waals surface area (Å²) in [5, 5.41) is 3.70. The molecule has 1 aromatic rings. The first-order chi connectivity index (χ1) is 8.00. The van der Waals surface area contributed by atoms with E-state index in [1.165, 1.54) is 19.3 Å². The second-order valence-electron chi connectivity index (χ2n) is 5.09. The van der Waals surface area contributed by atoms with E-state index < -0.39 is 0 Å². The van der Waals surface area contributed by atoms with Crippen molar-refractivity contribution in [2.24, 2.45) is 0 Å². The molecule has 0 bridgehead atoms. The average Bonchev–Trinajstić information content (AvgIpc) is 2.26. The molecule has 1 saturated carbocycles. The fourth-order valence-corrected chi connectivity index (χ4v) is 2.60. The summed E-state index contributed by atoms with van der Waals surface area (Å²) in [6.07, 6.45) is 6.11. The highest BCUT2D eigenvalue weighted by atomic mass is 35.5. The van der Waals surface area contributed by atoms with Crippen molar-refractivity contribution in [2.75, 3.05) is 11.1 Å². The van der Waals surface area contributed by atoms with Crippen LogP contribution in [0.1, 0.15) is 44.7 Å². The van der Waals surface area contributed by atoms with Crippen LogP contribution in [0.15, 0.2) is 0 Å². The van der Waals surface area contributed by atoms with Gasteiger partial charge in [-0.3, -0.25) is 0 Å². The van der Waals surface area contributed by atoms with Gasteiger partial charge < -0.3 is 11.1 Å². The number of nitrogens with zero attached hydrogens (tertiary/aromatic N) is 2. The summed E-state index contributed by atoms with van der Waals surface area (Å²) < 4.78 is 0. The van der Waals surface area contributed by atoms with Crippen LogP contribution >= 0.6 is 11.6 Å². The van der Waals surface area contributed by atoms with Crippen LogP contribution in [-0.2, 0) is 0 Å². The van der Waals surface area contributed by atoms with E-state index in [9.17, 15) is 0 Å². The van der Waals surface area contributed by atoms with E-state index in [4.69, 9.17) is 17.3 Å². The van der Waals surface area contributed by atoms with Gasteiger partial charge in [-0.2, -0.15) is 4.98 Å². The SMILES string of the molecule is Cc1nc(Cl)nc(NC2(C)CCCCC2)c1N. The number of aryl methyl sites for hydroxylation is 1. The summed E-state index contributed by atoms with van der Waals surface area (Å²) in [6, 6.07) is 0. The van der Waals surface area contributed by atoms with Crippen molar-refractivity contribution in [1.82, 2.24) is 9.97 Å². The standard InChI is InChI=1S/C12H19ClN4/c1-8-9(14)10(16-11(13)15-8)17-12(2)6-4-3-5-7-12/h3-7,14H2,1-2H3,(H,15,16,17). The minimum absolute atomic E-state index is 0.0799. The van der Waals surface area contributed by atoms with Gasteiger partial charge in [0.15, 0.2) is 5.82 Å². The number of halogens is 1. The van der Waals surface area contributed by atoms with Gasteiger partial charge in [0, 0.05) is 5.54 Å². The smallest absolute Gasteiger partial charge is 0.224 e. The second kappa shape index (κ2) is 4.69. The number of nitrogen functional groups attached to an aromatic ring is 1. The third-order valence-corrected chi connectivity index (χ3v) is 3.66. The zero-order chi connectivity index (χ0) is 12.5. The van der Waals surface area contributed by atoms with Crippen molar-refractivity contribution in [3.05, 3.63) is 11.0 Å². The second-order valence-corrected chi connectivity index (χ2v) is 5.42. The zero-order valence-corrected chi connectivity index (χ0v) is 11.1. The Morgan fingerprint density at radius 3 is 2.53 bits per heavy atom. The molecule has 1 aliphatic rings. The molecule has 0 radical (unpaired) electrons. The van der Waals surface area contributed by atoms with E-state index >= 15 is 0 Å². The van der Waals surface area contributed by atoms with Crippen molar-refractivity contribution in [1.29, 1.82) is 0 Å². The predicted octanol–water partition coefficient (Wildman–Crippen LogP) is 3.16. The van der Waals surface area contributed by atoms with Crippen LogP contribution in [0.2, 0.25) is 5.28 Å². The molecule has 17 heavy (non-hydrogen) atoms. The molecule has 1 fully saturated rings. The van der Waals surface area contributed by atoms with E-state index in [1.807, 2.05) is 6.92 Å². The molecule has 94 valence electrons. The Morgan fingerprint density at radius 2 is 1.88 bits per heavy atom. The molecule has 2 rings (SSSR count). The molecule has 0 amide bonds. The third-order valence-electron chi connectivity index (χ3n) is 3.49. The maximum Gasteiger partial charge on any atom is 0.224 e. The lowest BCUT2D eigenvalue weighted by Gasteiger charge is -2.35. The Hall–Kier alpha value is -1.03. The van der Waals surface area contributed by atoms with Gasteiger partial charge in [0.1, 0.15) is 0 Å². The highest BCUT2D eigenvalue weighted by Gasteiger charge is 2.27. The van der Waals surface area contributed by atoms with Gasteiger partial charge in [0.05, 0.1) is 11.4 Å². The molecule has 1 heterocycles. The molecule has 1 aliphatic carbocycles. The molecule has 0 atom stereocenters. The molecule has 0 aromatic carbocycles. The Labute approximate surface area is 107 Å². The van der Waals surface area contributed by atoms with Crippen LogP contribution in [0.3, 0.4) is 0 Å². The van der Waals surface area contributed by atoms with Gasteiger partial charge in [-0.25, -0.2) is 4.98 Å². The summed E-state index contributed by atoms with van der Waals surface area (Å²) in [6.45, 7) is 4.06. The number of hydrogen-bond acceptors (Lipinski definition) is 4. The fourth-order valence-electron chi connectivity index (χ4n) is 2.39. The Balaban J connectivity index is 2.23. The average molecular weight is 255 g/mol. The topological polar surface area (TPSA) is 63.8 Å². The van der Waals surface area contributed by atoms with Crippen LogP contribution in [0.5, 0.6) is 0 Å². The first kappa shape index (κ1) is 12.4. The zero-order valence-electron chi connectivity index (χ0n) is 10.4. The van der Waals surface area contributed by atoms with E-state index in [1.54, 1.807) is 0 Å². The van der Waals surface area contributed by atoms with Crippen LogP contribution in [0.25, 0.3) is 0 Å². The largest absolute Gasteiger partial charge is 0.394 e. The number of nitrogens with two attached hydrogens (primary N) is 1. The van der Waals surface area contributed by atoms with Crippen LogP contribution in [0.4, 0.5) is 11.5 Å². The van der Waals surface area contributed by atoms with Gasteiger partial charge in [-0.05, 0) is 38.3 Å². The minimum Gasteiger partial charge on any atom is -0.394 e. The van der Waals surface area contributed by atoms with Crippen molar-refractivity contribution in [2.45, 2.75) is 51.5 Å². The molecular weight excluding hydrogens is 236 g/mol. The summed E-state index contributed by atoms with van der Waals surface area (Å²) in [5.41, 5.74) is 7.39. The Bertz CT molecular complexity index is 413. The number of nitrogens with one attached hydrogen (secondary N) is 1. The molecule has 4 nitrogen and oxygen atoms in total. The molecule has 0 spiro atoms. The molecule has 3 N–H and O–H groups in total. The summed E-state index contributed by atoms with van der Waals surface area (Å²) in [5.74, 6) is 0.673. The van der Waals surface area contributed by atoms with Gasteiger partial charge >= 0.3 is 0 Å². The van der Waals surface area contributed by atoms with Crippen LogP contribution in [0, 0.1) is 6.92 Å². The van der Waals surface area contributed by atoms with Crippen molar-refractivity contribution in [3.8, 4) is 0 Å². The maximum atomic E-state index is 5.98. The van der Waals surface area contributed by atoms with Gasteiger partial charge in [0.2, 0.25) is 5.28 Å². The molecule has 0 unspecified atom stereocenters. The highest BCUT2D eigenvalue weighted by Crippen LogP contribution is 2.33. The maximum absolute atomic E-state index is 5.98. The minimum atomic E-state index is 0.0799. The lowest BCUT2D eigenvalue weighted by atomic mass is 9.83. The van der Waals surface area contributed by atoms with E-state index in [2.05, 4.69) is 22.2 Å². The Kier molecular flexibility index (Phi) is 3.43. The van der Waals surface area contributed by atoms with Crippen molar-refractivity contribution < 1.29 is 0 Å². The number of aromatic nitrogens is 2. The van der Waals surface area contributed by atoms with Crippen LogP contribution < -0.4 is 11.1 Å². The molecule has 0 saturated heterocycles. The van der Waals surface area contributed by atoms with E-state index in [0.717, 1.165) is 18.5 Å². The molecule has 1 aromatic heterocycles. The van der Waals surface area contributed by atoms with Crippen LogP contribution in [-0.4, -0.2) is 15.5 Å². The molecule has 0 aliphatic heterocycles. The number of rotatable bonds is 2. The first-order valence-electron chi connectivity index (χ1n) is 6.08. The lowest BCUT2D eigenvalue weighted by molar-refractivity contribution is 0.348. The van der Waals surface area contributed by atoms with Gasteiger partial charge in [-0.15, -0.1) is 0 Å². The van der Waals surface area contributed by atoms with Crippen molar-refractivity contribution >= 4 is 23.1 Å². The van der Waals surface area contributed by atoms with E-state index in [-0.39, 0.29) is 10.8 Å². The number of hydrogen-bond donors (Lipinski definition) is 2. The predicted molar refractivity (Wildman–Crippen MR) is 71.3 cm³/mol. The number of anilines is 2. The van der Waals surface area contributed by atoms with Gasteiger partial charge in [-0.1, -0.05) is 19.3 Å². The summed E-state index contributed by atoms with van der Waals surface area (Å²) in [4.78, 5) is 8.23. The summed E-state index contributed by atoms with van der Waals surface area (Å²) >= 11 is 5.87. The molecule has 5 heteroatoms. The normalized spacial score (nSPS) is 19.0. The fraction of sp³-hybridized carbons (Fsp3) is 0.667. The third kappa shape index (κ3) is 2.80. The van der Waals surface area contributed by atoms with Crippen molar-refractivity contribution in [3.63, 3.8) is 0 Å². The quantitative estimate of drug-likeness (QED) is 0.796. The molecular formula is C12H19ClN4. The Morgan fingerprint density at radius 1 is 1.24 bits per heavy atom.